The number of hydrogen-bond acceptors (Lipinski definition) is 5. The van der Waals surface area contributed by atoms with Gasteiger partial charge in [-0.25, -0.2) is 4.98 Å². The Morgan fingerprint density at radius 2 is 1.85 bits per heavy atom. The molecule has 5 aromatic rings. The van der Waals surface area contributed by atoms with Gasteiger partial charge < -0.3 is 16.0 Å². The number of aromatic nitrogens is 2. The Morgan fingerprint density at radius 3 is 2.77 bits per heavy atom. The van der Waals surface area contributed by atoms with Crippen LogP contribution in [-0.2, 0) is 0 Å². The van der Waals surface area contributed by atoms with E-state index in [9.17, 15) is 4.79 Å². The fraction of sp³-hybridized carbons (Fsp3) is 0. The Kier molecular flexibility index (Phi) is 3.20. The average molecular weight is 358 g/mol. The number of nitrogens with one attached hydrogen (secondary N) is 2. The van der Waals surface area contributed by atoms with Crippen LogP contribution in [0, 0.1) is 0 Å². The zero-order valence-corrected chi connectivity index (χ0v) is 14.4. The third-order valence-corrected chi connectivity index (χ3v) is 5.32. The number of anilines is 3. The number of H-pyrrole nitrogens is 1. The quantitative estimate of drug-likeness (QED) is 0.318. The van der Waals surface area contributed by atoms with Crippen molar-refractivity contribution in [2.24, 2.45) is 0 Å². The number of benzene rings is 3. The number of nitrogen functional groups attached to an aromatic ring is 1. The lowest BCUT2D eigenvalue weighted by Crippen LogP contribution is -2.06. The molecule has 3 aromatic carbocycles. The fourth-order valence-corrected chi connectivity index (χ4v) is 4.11. The average Bonchev–Trinajstić information content (AvgIpc) is 3.03. The van der Waals surface area contributed by atoms with Crippen molar-refractivity contribution in [2.45, 2.75) is 0 Å². The van der Waals surface area contributed by atoms with Gasteiger partial charge >= 0.3 is 0 Å². The predicted molar refractivity (Wildman–Crippen MR) is 109 cm³/mol. The Balaban J connectivity index is 1.70. The van der Waals surface area contributed by atoms with E-state index < -0.39 is 0 Å². The summed E-state index contributed by atoms with van der Waals surface area (Å²) in [5, 5.41) is 5.34. The van der Waals surface area contributed by atoms with E-state index in [-0.39, 0.29) is 5.43 Å². The van der Waals surface area contributed by atoms with Gasteiger partial charge in [0.1, 0.15) is 0 Å². The van der Waals surface area contributed by atoms with Crippen LogP contribution in [0.25, 0.3) is 32.0 Å². The van der Waals surface area contributed by atoms with Crippen LogP contribution in [0.3, 0.4) is 0 Å². The van der Waals surface area contributed by atoms with Crippen molar-refractivity contribution in [1.82, 2.24) is 9.97 Å². The highest BCUT2D eigenvalue weighted by atomic mass is 32.1. The molecule has 0 aliphatic carbocycles. The number of nitrogens with zero attached hydrogens (tertiary/aromatic N) is 1. The van der Waals surface area contributed by atoms with Crippen molar-refractivity contribution in [3.05, 3.63) is 70.9 Å². The summed E-state index contributed by atoms with van der Waals surface area (Å²) in [6.07, 6.45) is 0. The zero-order chi connectivity index (χ0) is 17.7. The van der Waals surface area contributed by atoms with Crippen LogP contribution in [0.15, 0.2) is 65.5 Å². The lowest BCUT2D eigenvalue weighted by Gasteiger charge is -2.08. The molecule has 0 radical (unpaired) electrons. The van der Waals surface area contributed by atoms with E-state index in [0.717, 1.165) is 32.1 Å². The van der Waals surface area contributed by atoms with Gasteiger partial charge in [0.05, 0.1) is 26.8 Å². The number of fused-ring (bicyclic) bond motifs is 3. The molecule has 0 saturated heterocycles. The summed E-state index contributed by atoms with van der Waals surface area (Å²) in [5.41, 5.74) is 9.80. The minimum absolute atomic E-state index is 0.00260. The number of para-hydroxylation sites is 1. The number of hydrogen-bond donors (Lipinski definition) is 3. The summed E-state index contributed by atoms with van der Waals surface area (Å²) in [6.45, 7) is 0. The van der Waals surface area contributed by atoms with Gasteiger partial charge in [-0.05, 0) is 42.5 Å². The standard InChI is InChI=1S/C20H14N4OS/c21-11-8-9-14-17(10-11)26-20(23-14)24-16-7-3-6-15-18(16)19(25)12-4-1-2-5-13(12)22-15/h1-10H,21H2,(H,22,25)(H,23,24). The van der Waals surface area contributed by atoms with Crippen LogP contribution in [-0.4, -0.2) is 9.97 Å². The summed E-state index contributed by atoms with van der Waals surface area (Å²) >= 11 is 1.51. The van der Waals surface area contributed by atoms with Gasteiger partial charge in [-0.1, -0.05) is 29.5 Å². The van der Waals surface area contributed by atoms with Crippen molar-refractivity contribution in [1.29, 1.82) is 0 Å². The first-order chi connectivity index (χ1) is 12.7. The Labute approximate surface area is 152 Å². The molecule has 26 heavy (non-hydrogen) atoms. The Bertz CT molecular complexity index is 1350. The minimum atomic E-state index is 0.00260. The Hall–Kier alpha value is -3.38. The molecular weight excluding hydrogens is 344 g/mol. The monoisotopic (exact) mass is 358 g/mol. The van der Waals surface area contributed by atoms with Crippen LogP contribution >= 0.6 is 11.3 Å². The highest BCUT2D eigenvalue weighted by molar-refractivity contribution is 7.22. The molecule has 126 valence electrons. The number of aromatic amines is 1. The van der Waals surface area contributed by atoms with Crippen molar-refractivity contribution in [3.8, 4) is 0 Å². The van der Waals surface area contributed by atoms with Crippen LogP contribution in [0.5, 0.6) is 0 Å². The van der Waals surface area contributed by atoms with Crippen LogP contribution < -0.4 is 16.5 Å². The molecule has 0 spiro atoms. The topological polar surface area (TPSA) is 83.8 Å². The SMILES string of the molecule is Nc1ccc2nc(Nc3cccc4[nH]c5ccccc5c(=O)c34)sc2c1. The van der Waals surface area contributed by atoms with E-state index in [1.807, 2.05) is 60.7 Å². The highest BCUT2D eigenvalue weighted by Crippen LogP contribution is 2.31. The maximum Gasteiger partial charge on any atom is 0.199 e. The largest absolute Gasteiger partial charge is 0.399 e. The molecule has 0 unspecified atom stereocenters. The van der Waals surface area contributed by atoms with Gasteiger partial charge in [0.25, 0.3) is 0 Å². The lowest BCUT2D eigenvalue weighted by molar-refractivity contribution is 1.44. The molecule has 0 bridgehead atoms. The Morgan fingerprint density at radius 1 is 1.00 bits per heavy atom. The minimum Gasteiger partial charge on any atom is -0.399 e. The third kappa shape index (κ3) is 2.31. The van der Waals surface area contributed by atoms with Crippen molar-refractivity contribution >= 4 is 59.9 Å². The summed E-state index contributed by atoms with van der Waals surface area (Å²) < 4.78 is 1.01. The first-order valence-electron chi connectivity index (χ1n) is 8.16. The number of thiazole rings is 1. The second-order valence-electron chi connectivity index (χ2n) is 6.10. The molecule has 0 aliphatic rings. The van der Waals surface area contributed by atoms with E-state index in [2.05, 4.69) is 15.3 Å². The highest BCUT2D eigenvalue weighted by Gasteiger charge is 2.11. The van der Waals surface area contributed by atoms with Crippen LogP contribution in [0.2, 0.25) is 0 Å². The molecule has 0 aliphatic heterocycles. The first kappa shape index (κ1) is 14.9. The lowest BCUT2D eigenvalue weighted by atomic mass is 10.1. The second kappa shape index (κ2) is 5.57. The van der Waals surface area contributed by atoms with E-state index in [1.165, 1.54) is 11.3 Å². The zero-order valence-electron chi connectivity index (χ0n) is 13.6. The van der Waals surface area contributed by atoms with Crippen LogP contribution in [0.1, 0.15) is 0 Å². The molecule has 5 rings (SSSR count). The fourth-order valence-electron chi connectivity index (χ4n) is 3.19. The maximum absolute atomic E-state index is 13.0. The van der Waals surface area contributed by atoms with E-state index in [1.54, 1.807) is 0 Å². The normalized spacial score (nSPS) is 11.4. The summed E-state index contributed by atoms with van der Waals surface area (Å²) in [5.74, 6) is 0. The molecule has 5 nitrogen and oxygen atoms in total. The number of pyridine rings is 1. The van der Waals surface area contributed by atoms with Gasteiger partial charge in [-0.3, -0.25) is 4.79 Å². The van der Waals surface area contributed by atoms with Crippen molar-refractivity contribution < 1.29 is 0 Å². The second-order valence-corrected chi connectivity index (χ2v) is 7.13. The summed E-state index contributed by atoms with van der Waals surface area (Å²) in [7, 11) is 0. The van der Waals surface area contributed by atoms with Gasteiger partial charge in [0.15, 0.2) is 10.6 Å². The molecule has 6 heteroatoms. The maximum atomic E-state index is 13.0. The van der Waals surface area contributed by atoms with Gasteiger partial charge in [-0.2, -0.15) is 0 Å². The molecular formula is C20H14N4OS. The van der Waals surface area contributed by atoms with E-state index in [0.29, 0.717) is 16.5 Å². The number of rotatable bonds is 2. The third-order valence-electron chi connectivity index (χ3n) is 4.39. The molecule has 0 saturated carbocycles. The van der Waals surface area contributed by atoms with Crippen molar-refractivity contribution in [2.75, 3.05) is 11.1 Å². The van der Waals surface area contributed by atoms with E-state index >= 15 is 0 Å². The first-order valence-corrected chi connectivity index (χ1v) is 8.97. The molecule has 4 N–H and O–H groups in total. The molecule has 0 amide bonds. The van der Waals surface area contributed by atoms with Gasteiger partial charge in [0.2, 0.25) is 0 Å². The predicted octanol–water partition coefficient (Wildman–Crippen LogP) is 4.62. The van der Waals surface area contributed by atoms with Crippen LogP contribution in [0.4, 0.5) is 16.5 Å². The molecule has 2 heterocycles. The van der Waals surface area contributed by atoms with E-state index in [4.69, 9.17) is 5.73 Å². The molecule has 0 fully saturated rings. The molecule has 2 aromatic heterocycles. The molecule has 0 atom stereocenters. The summed E-state index contributed by atoms with van der Waals surface area (Å²) in [6, 6.07) is 18.9. The van der Waals surface area contributed by atoms with Gasteiger partial charge in [0, 0.05) is 16.6 Å². The van der Waals surface area contributed by atoms with Gasteiger partial charge in [-0.15, -0.1) is 0 Å². The smallest absolute Gasteiger partial charge is 0.199 e. The number of nitrogens with two attached hydrogens (primary N) is 1. The van der Waals surface area contributed by atoms with Crippen molar-refractivity contribution in [3.63, 3.8) is 0 Å². The summed E-state index contributed by atoms with van der Waals surface area (Å²) in [4.78, 5) is 20.9.